The average molecular weight is 306 g/mol. The number of carbonyl (C=O) groups is 1. The number of allylic oxidation sites excluding steroid dienone is 2. The van der Waals surface area contributed by atoms with Crippen LogP contribution in [-0.4, -0.2) is 31.4 Å². The van der Waals surface area contributed by atoms with Gasteiger partial charge in [0.15, 0.2) is 0 Å². The standard InChI is InChI=1S/C18H26O4/c1-5-21-17(19)13(2)9-16-11-15-10-14(7-6-8-20-4)12-18(15,3)22-16/h6-9,15-16H,5,10-12H2,1-4H3/b8-6+,13-9+,14-7+. The van der Waals surface area contributed by atoms with Crippen LogP contribution >= 0.6 is 0 Å². The van der Waals surface area contributed by atoms with E-state index >= 15 is 0 Å². The monoisotopic (exact) mass is 306 g/mol. The van der Waals surface area contributed by atoms with Crippen LogP contribution < -0.4 is 0 Å². The van der Waals surface area contributed by atoms with Crippen molar-refractivity contribution in [3.63, 3.8) is 0 Å². The molecule has 0 spiro atoms. The summed E-state index contributed by atoms with van der Waals surface area (Å²) >= 11 is 0. The van der Waals surface area contributed by atoms with E-state index in [9.17, 15) is 4.79 Å². The van der Waals surface area contributed by atoms with E-state index < -0.39 is 0 Å². The molecule has 3 unspecified atom stereocenters. The van der Waals surface area contributed by atoms with E-state index in [4.69, 9.17) is 14.2 Å². The summed E-state index contributed by atoms with van der Waals surface area (Å²) in [5.41, 5.74) is 1.91. The molecular formula is C18H26O4. The van der Waals surface area contributed by atoms with Gasteiger partial charge < -0.3 is 14.2 Å². The van der Waals surface area contributed by atoms with Crippen LogP contribution in [-0.2, 0) is 19.0 Å². The van der Waals surface area contributed by atoms with Crippen molar-refractivity contribution < 1.29 is 19.0 Å². The molecule has 0 aromatic carbocycles. The number of methoxy groups -OCH3 is 1. The zero-order valence-electron chi connectivity index (χ0n) is 13.9. The molecule has 0 radical (unpaired) electrons. The predicted octanol–water partition coefficient (Wildman–Crippen LogP) is 3.54. The highest BCUT2D eigenvalue weighted by molar-refractivity contribution is 5.87. The lowest BCUT2D eigenvalue weighted by Gasteiger charge is -2.23. The number of hydrogen-bond acceptors (Lipinski definition) is 4. The lowest BCUT2D eigenvalue weighted by molar-refractivity contribution is -0.138. The minimum absolute atomic E-state index is 0.00970. The molecule has 4 heteroatoms. The Hall–Kier alpha value is -1.55. The number of fused-ring (bicyclic) bond motifs is 1. The maximum atomic E-state index is 11.7. The van der Waals surface area contributed by atoms with Gasteiger partial charge in [-0.15, -0.1) is 0 Å². The van der Waals surface area contributed by atoms with E-state index in [1.54, 1.807) is 20.3 Å². The zero-order chi connectivity index (χ0) is 16.2. The highest BCUT2D eigenvalue weighted by Crippen LogP contribution is 2.50. The van der Waals surface area contributed by atoms with Gasteiger partial charge in [0.1, 0.15) is 0 Å². The third-order valence-corrected chi connectivity index (χ3v) is 4.47. The van der Waals surface area contributed by atoms with E-state index in [0.717, 1.165) is 19.3 Å². The summed E-state index contributed by atoms with van der Waals surface area (Å²) in [6, 6.07) is 0. The summed E-state index contributed by atoms with van der Waals surface area (Å²) in [6.45, 7) is 6.18. The minimum atomic E-state index is -0.251. The molecule has 1 aliphatic heterocycles. The second kappa shape index (κ2) is 7.14. The molecule has 1 heterocycles. The molecule has 0 aromatic rings. The smallest absolute Gasteiger partial charge is 0.333 e. The van der Waals surface area contributed by atoms with E-state index in [2.05, 4.69) is 13.0 Å². The summed E-state index contributed by atoms with van der Waals surface area (Å²) in [5.74, 6) is 0.254. The first-order valence-electron chi connectivity index (χ1n) is 7.89. The van der Waals surface area contributed by atoms with Crippen molar-refractivity contribution in [2.75, 3.05) is 13.7 Å². The lowest BCUT2D eigenvalue weighted by atomic mass is 9.92. The van der Waals surface area contributed by atoms with Crippen LogP contribution in [0, 0.1) is 5.92 Å². The molecule has 0 aromatic heterocycles. The topological polar surface area (TPSA) is 44.8 Å². The number of ether oxygens (including phenoxy) is 3. The van der Waals surface area contributed by atoms with Crippen LogP contribution in [0.1, 0.15) is 40.0 Å². The van der Waals surface area contributed by atoms with Crippen LogP contribution in [0.3, 0.4) is 0 Å². The van der Waals surface area contributed by atoms with Gasteiger partial charge in [0, 0.05) is 5.57 Å². The molecule has 2 rings (SSSR count). The molecular weight excluding hydrogens is 280 g/mol. The molecule has 0 N–H and O–H groups in total. The van der Waals surface area contributed by atoms with Gasteiger partial charge in [-0.05, 0) is 58.1 Å². The van der Waals surface area contributed by atoms with Crippen LogP contribution in [0.15, 0.2) is 35.6 Å². The fourth-order valence-electron chi connectivity index (χ4n) is 3.42. The fraction of sp³-hybridized carbons (Fsp3) is 0.611. The molecule has 122 valence electrons. The van der Waals surface area contributed by atoms with Gasteiger partial charge in [-0.25, -0.2) is 4.79 Å². The number of carbonyl (C=O) groups excluding carboxylic acids is 1. The van der Waals surface area contributed by atoms with Crippen molar-refractivity contribution in [2.24, 2.45) is 5.92 Å². The maximum Gasteiger partial charge on any atom is 0.333 e. The third kappa shape index (κ3) is 3.80. The molecule has 1 aliphatic carbocycles. The number of hydrogen-bond donors (Lipinski definition) is 0. The lowest BCUT2D eigenvalue weighted by Crippen LogP contribution is -2.26. The normalized spacial score (nSPS) is 33.5. The first kappa shape index (κ1) is 16.8. The van der Waals surface area contributed by atoms with E-state index in [1.165, 1.54) is 5.57 Å². The van der Waals surface area contributed by atoms with Crippen LogP contribution in [0.25, 0.3) is 0 Å². The average Bonchev–Trinajstić information content (AvgIpc) is 2.90. The number of rotatable bonds is 5. The minimum Gasteiger partial charge on any atom is -0.504 e. The Morgan fingerprint density at radius 3 is 2.91 bits per heavy atom. The fourth-order valence-corrected chi connectivity index (χ4v) is 3.42. The second-order valence-electron chi connectivity index (χ2n) is 6.24. The van der Waals surface area contributed by atoms with Gasteiger partial charge in [-0.1, -0.05) is 11.6 Å². The van der Waals surface area contributed by atoms with Crippen LogP contribution in [0.5, 0.6) is 0 Å². The van der Waals surface area contributed by atoms with Crippen LogP contribution in [0.4, 0.5) is 0 Å². The molecule has 2 aliphatic rings. The van der Waals surface area contributed by atoms with Crippen molar-refractivity contribution in [1.82, 2.24) is 0 Å². The van der Waals surface area contributed by atoms with Gasteiger partial charge >= 0.3 is 5.97 Å². The van der Waals surface area contributed by atoms with Gasteiger partial charge in [0.2, 0.25) is 0 Å². The Morgan fingerprint density at radius 2 is 2.27 bits per heavy atom. The Bertz CT molecular complexity index is 503. The Morgan fingerprint density at radius 1 is 1.50 bits per heavy atom. The molecule has 1 saturated heterocycles. The van der Waals surface area contributed by atoms with Crippen molar-refractivity contribution in [3.05, 3.63) is 35.6 Å². The summed E-state index contributed by atoms with van der Waals surface area (Å²) in [7, 11) is 1.64. The highest BCUT2D eigenvalue weighted by Gasteiger charge is 2.49. The Kier molecular flexibility index (Phi) is 5.46. The quantitative estimate of drug-likeness (QED) is 0.443. The van der Waals surface area contributed by atoms with Gasteiger partial charge in [0.05, 0.1) is 31.7 Å². The molecule has 22 heavy (non-hydrogen) atoms. The molecule has 1 saturated carbocycles. The summed E-state index contributed by atoms with van der Waals surface area (Å²) in [4.78, 5) is 11.7. The van der Waals surface area contributed by atoms with Crippen molar-refractivity contribution in [3.8, 4) is 0 Å². The van der Waals surface area contributed by atoms with Crippen LogP contribution in [0.2, 0.25) is 0 Å². The van der Waals surface area contributed by atoms with E-state index in [1.807, 2.05) is 19.1 Å². The highest BCUT2D eigenvalue weighted by atomic mass is 16.5. The second-order valence-corrected chi connectivity index (χ2v) is 6.24. The van der Waals surface area contributed by atoms with Gasteiger partial charge in [0.25, 0.3) is 0 Å². The number of esters is 1. The molecule has 4 nitrogen and oxygen atoms in total. The molecule has 2 fully saturated rings. The summed E-state index contributed by atoms with van der Waals surface area (Å²) in [5, 5.41) is 0. The first-order valence-corrected chi connectivity index (χ1v) is 7.89. The summed E-state index contributed by atoms with van der Waals surface area (Å²) < 4.78 is 16.2. The summed E-state index contributed by atoms with van der Waals surface area (Å²) in [6.07, 6.45) is 10.6. The molecule has 0 bridgehead atoms. The SMILES string of the molecule is CCOC(=O)/C(C)=C/C1CC2C/C(=C\C=C\OC)CC2(C)O1. The van der Waals surface area contributed by atoms with E-state index in [0.29, 0.717) is 18.1 Å². The largest absolute Gasteiger partial charge is 0.504 e. The zero-order valence-corrected chi connectivity index (χ0v) is 13.9. The third-order valence-electron chi connectivity index (χ3n) is 4.47. The van der Waals surface area contributed by atoms with Crippen molar-refractivity contribution >= 4 is 5.97 Å². The van der Waals surface area contributed by atoms with E-state index in [-0.39, 0.29) is 17.7 Å². The Labute approximate surface area is 132 Å². The molecule has 3 atom stereocenters. The first-order chi connectivity index (χ1) is 10.5. The molecule has 0 amide bonds. The van der Waals surface area contributed by atoms with Crippen molar-refractivity contribution in [1.29, 1.82) is 0 Å². The predicted molar refractivity (Wildman–Crippen MR) is 85.2 cm³/mol. The maximum absolute atomic E-state index is 11.7. The van der Waals surface area contributed by atoms with Gasteiger partial charge in [-0.3, -0.25) is 0 Å². The van der Waals surface area contributed by atoms with Gasteiger partial charge in [-0.2, -0.15) is 0 Å². The Balaban J connectivity index is 1.97. The van der Waals surface area contributed by atoms with Crippen molar-refractivity contribution in [2.45, 2.75) is 51.7 Å².